The van der Waals surface area contributed by atoms with Gasteiger partial charge < -0.3 is 20.4 Å². The molecule has 1 aliphatic rings. The van der Waals surface area contributed by atoms with Gasteiger partial charge in [0.15, 0.2) is 0 Å². The smallest absolute Gasteiger partial charge is 0.243 e. The fraction of sp³-hybridized carbons (Fsp3) is 0.607. The van der Waals surface area contributed by atoms with Gasteiger partial charge in [-0.25, -0.2) is 4.98 Å². The molecule has 0 radical (unpaired) electrons. The van der Waals surface area contributed by atoms with E-state index in [0.29, 0.717) is 0 Å². The molecule has 0 spiro atoms. The molecule has 0 bridgehead atoms. The van der Waals surface area contributed by atoms with Crippen LogP contribution in [0.1, 0.15) is 77.2 Å². The van der Waals surface area contributed by atoms with Crippen LogP contribution in [0.3, 0.4) is 0 Å². The highest BCUT2D eigenvalue weighted by molar-refractivity contribution is 7.15. The van der Waals surface area contributed by atoms with E-state index in [9.17, 15) is 19.8 Å². The Hall–Kier alpha value is -2.29. The zero-order valence-electron chi connectivity index (χ0n) is 23.3. The predicted octanol–water partition coefficient (Wildman–Crippen LogP) is 4.88. The number of aromatic nitrogens is 1. The van der Waals surface area contributed by atoms with Crippen LogP contribution in [0.25, 0.3) is 10.4 Å². The molecule has 2 heterocycles. The van der Waals surface area contributed by atoms with Crippen LogP contribution in [-0.4, -0.2) is 57.2 Å². The third kappa shape index (κ3) is 7.85. The number of likely N-dealkylation sites (tertiary alicyclic amines) is 1. The Morgan fingerprint density at radius 3 is 2.17 bits per heavy atom. The van der Waals surface area contributed by atoms with E-state index in [1.54, 1.807) is 11.3 Å². The maximum Gasteiger partial charge on any atom is 0.243 e. The van der Waals surface area contributed by atoms with Crippen molar-refractivity contribution in [3.05, 3.63) is 40.5 Å². The van der Waals surface area contributed by atoms with Crippen molar-refractivity contribution in [2.75, 3.05) is 13.2 Å². The summed E-state index contributed by atoms with van der Waals surface area (Å²) in [4.78, 5) is 32.9. The fourth-order valence-corrected chi connectivity index (χ4v) is 4.95. The third-order valence-electron chi connectivity index (χ3n) is 6.23. The van der Waals surface area contributed by atoms with Crippen molar-refractivity contribution in [1.82, 2.24) is 15.2 Å². The maximum atomic E-state index is 13.0. The van der Waals surface area contributed by atoms with Crippen LogP contribution in [0.2, 0.25) is 0 Å². The number of carbonyl (C=O) groups is 2. The summed E-state index contributed by atoms with van der Waals surface area (Å²) in [7, 11) is 0. The van der Waals surface area contributed by atoms with E-state index in [0.717, 1.165) is 26.7 Å². The molecule has 4 atom stereocenters. The molecule has 0 saturated carbocycles. The number of aryl methyl sites for hydroxylation is 2. The van der Waals surface area contributed by atoms with Gasteiger partial charge in [0.05, 0.1) is 34.3 Å². The molecule has 0 aliphatic carbocycles. The number of hydrogen-bond donors (Lipinski definition) is 3. The van der Waals surface area contributed by atoms with Crippen LogP contribution in [0.5, 0.6) is 0 Å². The number of benzene rings is 1. The van der Waals surface area contributed by atoms with Crippen molar-refractivity contribution in [1.29, 1.82) is 0 Å². The summed E-state index contributed by atoms with van der Waals surface area (Å²) in [6, 6.07) is 6.36. The van der Waals surface area contributed by atoms with E-state index in [1.807, 2.05) is 86.6 Å². The van der Waals surface area contributed by atoms with Crippen LogP contribution in [0.15, 0.2) is 24.3 Å². The number of carbonyl (C=O) groups excluding carboxylic acids is 2. The van der Waals surface area contributed by atoms with Crippen molar-refractivity contribution in [2.24, 2.45) is 11.8 Å². The topological polar surface area (TPSA) is 103 Å². The molecular formula is C28H45N3O4S. The van der Waals surface area contributed by atoms with Gasteiger partial charge in [0.2, 0.25) is 11.8 Å². The Kier molecular flexibility index (Phi) is 13.3. The summed E-state index contributed by atoms with van der Waals surface area (Å²) >= 11 is 1.63. The van der Waals surface area contributed by atoms with Gasteiger partial charge >= 0.3 is 0 Å². The third-order valence-corrected chi connectivity index (χ3v) is 7.35. The summed E-state index contributed by atoms with van der Waals surface area (Å²) in [5.41, 5.74) is 2.79. The Morgan fingerprint density at radius 2 is 1.69 bits per heavy atom. The van der Waals surface area contributed by atoms with Gasteiger partial charge in [-0.3, -0.25) is 9.59 Å². The average Bonchev–Trinajstić information content (AvgIpc) is 3.45. The number of nitrogens with one attached hydrogen (secondary N) is 1. The van der Waals surface area contributed by atoms with Gasteiger partial charge in [-0.15, -0.1) is 11.3 Å². The van der Waals surface area contributed by atoms with Crippen LogP contribution in [0.4, 0.5) is 0 Å². The Morgan fingerprint density at radius 1 is 1.11 bits per heavy atom. The molecule has 1 fully saturated rings. The lowest BCUT2D eigenvalue weighted by Crippen LogP contribution is -2.49. The van der Waals surface area contributed by atoms with E-state index >= 15 is 0 Å². The molecule has 1 aromatic heterocycles. The average molecular weight is 520 g/mol. The molecule has 8 heteroatoms. The second kappa shape index (κ2) is 15.1. The highest BCUT2D eigenvalue weighted by Gasteiger charge is 2.41. The molecule has 3 rings (SSSR count). The van der Waals surface area contributed by atoms with Crippen LogP contribution >= 0.6 is 11.3 Å². The lowest BCUT2D eigenvalue weighted by molar-refractivity contribution is -0.142. The van der Waals surface area contributed by atoms with E-state index in [-0.39, 0.29) is 43.2 Å². The van der Waals surface area contributed by atoms with Crippen molar-refractivity contribution < 1.29 is 19.8 Å². The van der Waals surface area contributed by atoms with E-state index in [2.05, 4.69) is 10.3 Å². The first-order valence-corrected chi connectivity index (χ1v) is 13.9. The van der Waals surface area contributed by atoms with Crippen molar-refractivity contribution in [3.63, 3.8) is 0 Å². The fourth-order valence-electron chi connectivity index (χ4n) is 4.02. The van der Waals surface area contributed by atoms with Crippen LogP contribution in [-0.2, 0) is 9.59 Å². The number of thiazole rings is 1. The normalized spacial score (nSPS) is 18.5. The van der Waals surface area contributed by atoms with Crippen LogP contribution < -0.4 is 5.32 Å². The zero-order chi connectivity index (χ0) is 27.6. The van der Waals surface area contributed by atoms with Gasteiger partial charge in [0, 0.05) is 18.9 Å². The minimum atomic E-state index is -0.741. The monoisotopic (exact) mass is 519 g/mol. The first-order valence-electron chi connectivity index (χ1n) is 13.1. The number of aliphatic hydroxyl groups is 2. The zero-order valence-corrected chi connectivity index (χ0v) is 24.1. The maximum absolute atomic E-state index is 13.0. The number of β-amino-alcohol motifs (C(OH)–C–C–N with tert-alkyl or cyclic N) is 1. The van der Waals surface area contributed by atoms with Gasteiger partial charge in [-0.2, -0.15) is 0 Å². The number of hydrogen-bond acceptors (Lipinski definition) is 6. The molecule has 1 saturated heterocycles. The van der Waals surface area contributed by atoms with Gasteiger partial charge in [-0.1, -0.05) is 72.7 Å². The van der Waals surface area contributed by atoms with Gasteiger partial charge in [0.25, 0.3) is 0 Å². The highest BCUT2D eigenvalue weighted by Crippen LogP contribution is 2.31. The SMILES string of the molecule is CC.CC.Cc1nc(C)c(-c2ccc(C(CO)NC(=O)C3CC(O)CN3C(=O)C(C)C(C)C)cc2)s1. The lowest BCUT2D eigenvalue weighted by atomic mass is 9.96. The largest absolute Gasteiger partial charge is 0.394 e. The van der Waals surface area contributed by atoms with Crippen molar-refractivity contribution >= 4 is 23.2 Å². The molecule has 2 aromatic rings. The summed E-state index contributed by atoms with van der Waals surface area (Å²) in [5, 5.41) is 23.9. The molecule has 36 heavy (non-hydrogen) atoms. The first kappa shape index (κ1) is 31.7. The molecule has 2 amide bonds. The number of aliphatic hydroxyl groups excluding tert-OH is 2. The number of nitrogens with zero attached hydrogens (tertiary/aromatic N) is 2. The van der Waals surface area contributed by atoms with Crippen molar-refractivity contribution in [2.45, 2.75) is 86.9 Å². The van der Waals surface area contributed by atoms with Crippen molar-refractivity contribution in [3.8, 4) is 10.4 Å². The minimum Gasteiger partial charge on any atom is -0.394 e. The Labute approximate surface area is 221 Å². The van der Waals surface area contributed by atoms with E-state index in [4.69, 9.17) is 0 Å². The van der Waals surface area contributed by atoms with E-state index in [1.165, 1.54) is 4.90 Å². The van der Waals surface area contributed by atoms with Gasteiger partial charge in [0.1, 0.15) is 6.04 Å². The van der Waals surface area contributed by atoms with Gasteiger partial charge in [-0.05, 0) is 30.9 Å². The first-order chi connectivity index (χ1) is 17.1. The lowest BCUT2D eigenvalue weighted by Gasteiger charge is -2.29. The Balaban J connectivity index is 0.00000154. The highest BCUT2D eigenvalue weighted by atomic mass is 32.1. The predicted molar refractivity (Wildman–Crippen MR) is 148 cm³/mol. The van der Waals surface area contributed by atoms with Crippen LogP contribution in [0, 0.1) is 25.7 Å². The molecule has 1 aromatic carbocycles. The second-order valence-electron chi connectivity index (χ2n) is 8.94. The molecule has 202 valence electrons. The number of amides is 2. The van der Waals surface area contributed by atoms with E-state index < -0.39 is 18.2 Å². The molecule has 1 aliphatic heterocycles. The Bertz CT molecular complexity index is 958. The molecule has 7 nitrogen and oxygen atoms in total. The summed E-state index contributed by atoms with van der Waals surface area (Å²) in [5.74, 6) is -0.589. The molecule has 4 unspecified atom stereocenters. The molecular weight excluding hydrogens is 474 g/mol. The summed E-state index contributed by atoms with van der Waals surface area (Å²) in [6.45, 7) is 17.6. The minimum absolute atomic E-state index is 0.128. The summed E-state index contributed by atoms with van der Waals surface area (Å²) < 4.78 is 0. The molecule has 3 N–H and O–H groups in total. The quantitative estimate of drug-likeness (QED) is 0.484. The summed E-state index contributed by atoms with van der Waals surface area (Å²) in [6.07, 6.45) is -0.532. The standard InChI is InChI=1S/C24H33N3O4S.2C2H6/c1-13(2)14(3)24(31)27-11-19(29)10-21(27)23(30)26-20(12-28)17-6-8-18(9-7-17)22-15(4)25-16(5)32-22;2*1-2/h6-9,13-14,19-21,28-29H,10-12H2,1-5H3,(H,26,30);2*1-2H3. The number of rotatable bonds is 7. The second-order valence-corrected chi connectivity index (χ2v) is 10.1.